The van der Waals surface area contributed by atoms with Crippen molar-refractivity contribution in [2.75, 3.05) is 0 Å². The molecule has 0 aliphatic heterocycles. The molecule has 1 aromatic carbocycles. The number of aromatic nitrogens is 3. The zero-order valence-electron chi connectivity index (χ0n) is 13.3. The lowest BCUT2D eigenvalue weighted by atomic mass is 9.85. The van der Waals surface area contributed by atoms with E-state index in [1.807, 2.05) is 30.8 Å². The Balaban J connectivity index is 1.79. The van der Waals surface area contributed by atoms with Gasteiger partial charge in [0.25, 0.3) is 0 Å². The maximum absolute atomic E-state index is 13.1. The van der Waals surface area contributed by atoms with Crippen LogP contribution in [0.2, 0.25) is 0 Å². The highest BCUT2D eigenvalue weighted by Gasteiger charge is 2.32. The molecule has 0 saturated heterocycles. The summed E-state index contributed by atoms with van der Waals surface area (Å²) in [5, 5.41) is 10.7. The fraction of sp³-hybridized carbons (Fsp3) is 0.333. The van der Waals surface area contributed by atoms with Gasteiger partial charge in [0.05, 0.1) is 0 Å². The van der Waals surface area contributed by atoms with Crippen LogP contribution < -0.4 is 0 Å². The zero-order valence-corrected chi connectivity index (χ0v) is 13.3. The fourth-order valence-electron chi connectivity index (χ4n) is 3.71. The molecule has 1 N–H and O–H groups in total. The van der Waals surface area contributed by atoms with Crippen LogP contribution in [-0.4, -0.2) is 25.0 Å². The van der Waals surface area contributed by atoms with Crippen LogP contribution in [0.25, 0.3) is 10.9 Å². The Kier molecular flexibility index (Phi) is 3.04. The summed E-state index contributed by atoms with van der Waals surface area (Å²) in [4.78, 5) is 17.3. The number of phenolic OH excluding ortho intramolecular Hbond substituents is 1. The number of phenols is 1. The topological polar surface area (TPSA) is 60.0 Å². The van der Waals surface area contributed by atoms with Crippen LogP contribution in [-0.2, 0) is 20.0 Å². The average molecular weight is 309 g/mol. The molecule has 5 heteroatoms. The van der Waals surface area contributed by atoms with Crippen LogP contribution in [0.15, 0.2) is 30.6 Å². The molecule has 0 spiro atoms. The van der Waals surface area contributed by atoms with Crippen LogP contribution >= 0.6 is 0 Å². The summed E-state index contributed by atoms with van der Waals surface area (Å²) in [5.41, 5.74) is 2.86. The molecule has 0 unspecified atom stereocenters. The number of imidazole rings is 1. The number of aryl methyl sites for hydroxylation is 2. The molecule has 0 amide bonds. The predicted molar refractivity (Wildman–Crippen MR) is 87.7 cm³/mol. The maximum Gasteiger partial charge on any atom is 0.170 e. The minimum Gasteiger partial charge on any atom is -0.508 e. The number of hydrogen-bond donors (Lipinski definition) is 1. The normalized spacial score (nSPS) is 17.7. The lowest BCUT2D eigenvalue weighted by Crippen LogP contribution is -2.27. The first kappa shape index (κ1) is 14.1. The first-order valence-corrected chi connectivity index (χ1v) is 7.88. The molecule has 0 fully saturated rings. The van der Waals surface area contributed by atoms with Crippen LogP contribution in [0.1, 0.15) is 28.3 Å². The van der Waals surface area contributed by atoms with Gasteiger partial charge in [-0.15, -0.1) is 0 Å². The lowest BCUT2D eigenvalue weighted by molar-refractivity contribution is 0.0888. The summed E-state index contributed by atoms with van der Waals surface area (Å²) >= 11 is 0. The highest BCUT2D eigenvalue weighted by molar-refractivity contribution is 6.11. The van der Waals surface area contributed by atoms with Gasteiger partial charge in [-0.25, -0.2) is 4.98 Å². The van der Waals surface area contributed by atoms with Crippen molar-refractivity contribution in [3.63, 3.8) is 0 Å². The van der Waals surface area contributed by atoms with Crippen molar-refractivity contribution in [2.45, 2.75) is 26.3 Å². The summed E-state index contributed by atoms with van der Waals surface area (Å²) < 4.78 is 4.12. The Bertz CT molecular complexity index is 920. The Morgan fingerprint density at radius 2 is 2.22 bits per heavy atom. The van der Waals surface area contributed by atoms with Crippen molar-refractivity contribution in [3.8, 4) is 5.75 Å². The van der Waals surface area contributed by atoms with E-state index in [2.05, 4.69) is 9.55 Å². The second-order valence-electron chi connectivity index (χ2n) is 6.31. The molecule has 1 aliphatic rings. The van der Waals surface area contributed by atoms with Crippen molar-refractivity contribution in [3.05, 3.63) is 47.7 Å². The number of ketones is 1. The smallest absolute Gasteiger partial charge is 0.170 e. The molecule has 0 radical (unpaired) electrons. The van der Waals surface area contributed by atoms with Gasteiger partial charge in [-0.05, 0) is 38.0 Å². The van der Waals surface area contributed by atoms with Crippen molar-refractivity contribution in [2.24, 2.45) is 13.0 Å². The van der Waals surface area contributed by atoms with E-state index in [1.54, 1.807) is 18.3 Å². The average Bonchev–Trinajstić information content (AvgIpc) is 3.05. The number of nitrogens with zero attached hydrogens (tertiary/aromatic N) is 3. The lowest BCUT2D eigenvalue weighted by Gasteiger charge is -2.23. The van der Waals surface area contributed by atoms with Gasteiger partial charge in [-0.2, -0.15) is 0 Å². The van der Waals surface area contributed by atoms with Gasteiger partial charge in [0.2, 0.25) is 0 Å². The standard InChI is InChI=1S/C18H19N3O2/c1-11-19-7-8-21(11)10-12-3-5-16-17(18(12)23)14-9-13(22)4-6-15(14)20(16)2/h4,6-9,12,22H,3,5,10H2,1-2H3/t12-/m0/s1. The summed E-state index contributed by atoms with van der Waals surface area (Å²) in [7, 11) is 1.99. The van der Waals surface area contributed by atoms with E-state index < -0.39 is 0 Å². The molecular formula is C18H19N3O2. The molecular weight excluding hydrogens is 290 g/mol. The summed E-state index contributed by atoms with van der Waals surface area (Å²) in [6, 6.07) is 5.26. The van der Waals surface area contributed by atoms with Gasteiger partial charge in [-0.3, -0.25) is 4.79 Å². The molecule has 0 saturated carbocycles. The number of carbonyl (C=O) groups is 1. The van der Waals surface area contributed by atoms with Crippen LogP contribution in [0.3, 0.4) is 0 Å². The summed E-state index contributed by atoms with van der Waals surface area (Å²) in [6.45, 7) is 2.62. The third-order valence-corrected chi connectivity index (χ3v) is 4.99. The van der Waals surface area contributed by atoms with E-state index >= 15 is 0 Å². The molecule has 1 atom stereocenters. The minimum atomic E-state index is -0.0386. The van der Waals surface area contributed by atoms with Crippen molar-refractivity contribution in [1.82, 2.24) is 14.1 Å². The number of Topliss-reactive ketones (excluding diaryl/α,β-unsaturated/α-hetero) is 1. The first-order valence-electron chi connectivity index (χ1n) is 7.88. The second kappa shape index (κ2) is 4.98. The molecule has 2 aromatic heterocycles. The third kappa shape index (κ3) is 2.07. The molecule has 23 heavy (non-hydrogen) atoms. The highest BCUT2D eigenvalue weighted by Crippen LogP contribution is 2.35. The van der Waals surface area contributed by atoms with E-state index in [4.69, 9.17) is 0 Å². The predicted octanol–water partition coefficient (Wildman–Crippen LogP) is 2.83. The minimum absolute atomic E-state index is 0.0386. The van der Waals surface area contributed by atoms with Gasteiger partial charge in [0, 0.05) is 54.1 Å². The molecule has 4 rings (SSSR count). The van der Waals surface area contributed by atoms with Gasteiger partial charge >= 0.3 is 0 Å². The zero-order chi connectivity index (χ0) is 16.1. The molecule has 1 aliphatic carbocycles. The van der Waals surface area contributed by atoms with E-state index in [0.717, 1.165) is 40.8 Å². The quantitative estimate of drug-likeness (QED) is 0.792. The van der Waals surface area contributed by atoms with Crippen molar-refractivity contribution in [1.29, 1.82) is 0 Å². The van der Waals surface area contributed by atoms with Crippen LogP contribution in [0, 0.1) is 12.8 Å². The third-order valence-electron chi connectivity index (χ3n) is 4.99. The molecule has 118 valence electrons. The van der Waals surface area contributed by atoms with E-state index in [9.17, 15) is 9.90 Å². The Morgan fingerprint density at radius 1 is 1.39 bits per heavy atom. The SMILES string of the molecule is Cc1nccn1C[C@@H]1CCc2c(c3cc(O)ccc3n2C)C1=O. The van der Waals surface area contributed by atoms with Gasteiger partial charge in [0.1, 0.15) is 11.6 Å². The number of fused-ring (bicyclic) bond motifs is 3. The highest BCUT2D eigenvalue weighted by atomic mass is 16.3. The second-order valence-corrected chi connectivity index (χ2v) is 6.31. The summed E-state index contributed by atoms with van der Waals surface area (Å²) in [6.07, 6.45) is 5.42. The Morgan fingerprint density at radius 3 is 2.96 bits per heavy atom. The number of aromatic hydroxyl groups is 1. The largest absolute Gasteiger partial charge is 0.508 e. The molecule has 3 aromatic rings. The maximum atomic E-state index is 13.1. The van der Waals surface area contributed by atoms with Crippen molar-refractivity contribution >= 4 is 16.7 Å². The summed E-state index contributed by atoms with van der Waals surface area (Å²) in [5.74, 6) is 1.27. The first-order chi connectivity index (χ1) is 11.1. The van der Waals surface area contributed by atoms with E-state index in [0.29, 0.717) is 6.54 Å². The number of carbonyl (C=O) groups excluding carboxylic acids is 1. The van der Waals surface area contributed by atoms with E-state index in [1.165, 1.54) is 0 Å². The number of hydrogen-bond acceptors (Lipinski definition) is 3. The molecule has 0 bridgehead atoms. The number of benzene rings is 1. The van der Waals surface area contributed by atoms with Gasteiger partial charge in [-0.1, -0.05) is 0 Å². The fourth-order valence-corrected chi connectivity index (χ4v) is 3.71. The number of rotatable bonds is 2. The molecule has 5 nitrogen and oxygen atoms in total. The van der Waals surface area contributed by atoms with Crippen molar-refractivity contribution < 1.29 is 9.90 Å². The van der Waals surface area contributed by atoms with Crippen LogP contribution in [0.5, 0.6) is 5.75 Å². The Hall–Kier alpha value is -2.56. The van der Waals surface area contributed by atoms with Gasteiger partial charge in [0.15, 0.2) is 5.78 Å². The Labute approximate surface area is 134 Å². The monoisotopic (exact) mass is 309 g/mol. The van der Waals surface area contributed by atoms with Crippen LogP contribution in [0.4, 0.5) is 0 Å². The van der Waals surface area contributed by atoms with Gasteiger partial charge < -0.3 is 14.2 Å². The molecule has 2 heterocycles. The van der Waals surface area contributed by atoms with E-state index in [-0.39, 0.29) is 17.5 Å².